The van der Waals surface area contributed by atoms with Gasteiger partial charge in [-0.3, -0.25) is 0 Å². The Morgan fingerprint density at radius 2 is 1.75 bits per heavy atom. The minimum absolute atomic E-state index is 0.288. The molecule has 0 saturated carbocycles. The van der Waals surface area contributed by atoms with Crippen LogP contribution in [0.1, 0.15) is 48.3 Å². The molecule has 4 nitrogen and oxygen atoms in total. The van der Waals surface area contributed by atoms with Crippen LogP contribution in [0.15, 0.2) is 54.7 Å². The quantitative estimate of drug-likeness (QED) is 0.553. The maximum absolute atomic E-state index is 12.4. The Morgan fingerprint density at radius 3 is 2.36 bits per heavy atom. The summed E-state index contributed by atoms with van der Waals surface area (Å²) in [4.78, 5) is 12.4. The van der Waals surface area contributed by atoms with Crippen molar-refractivity contribution in [1.82, 2.24) is 4.57 Å². The number of aromatic nitrogens is 1. The first-order valence-electron chi connectivity index (χ1n) is 9.44. The highest BCUT2D eigenvalue weighted by atomic mass is 16.5. The lowest BCUT2D eigenvalue weighted by Gasteiger charge is -2.13. The number of ether oxygens (including phenoxy) is 1. The fourth-order valence-corrected chi connectivity index (χ4v) is 3.53. The molecule has 142 valence electrons. The van der Waals surface area contributed by atoms with Crippen molar-refractivity contribution in [3.63, 3.8) is 0 Å². The number of nitriles is 1. The molecule has 0 aliphatic heterocycles. The van der Waals surface area contributed by atoms with E-state index in [1.54, 1.807) is 24.7 Å². The van der Waals surface area contributed by atoms with Crippen LogP contribution in [0.2, 0.25) is 0 Å². The zero-order valence-corrected chi connectivity index (χ0v) is 16.7. The van der Waals surface area contributed by atoms with E-state index < -0.39 is 5.97 Å². The second kappa shape index (κ2) is 8.14. The molecule has 0 atom stereocenters. The third-order valence-electron chi connectivity index (χ3n) is 4.84. The van der Waals surface area contributed by atoms with E-state index in [2.05, 4.69) is 38.1 Å². The van der Waals surface area contributed by atoms with Gasteiger partial charge in [0.2, 0.25) is 0 Å². The highest BCUT2D eigenvalue weighted by Crippen LogP contribution is 2.33. The fraction of sp³-hybridized carbons (Fsp3) is 0.250. The largest absolute Gasteiger partial charge is 0.461 e. The van der Waals surface area contributed by atoms with Crippen LogP contribution < -0.4 is 0 Å². The molecule has 0 radical (unpaired) electrons. The fourth-order valence-electron chi connectivity index (χ4n) is 3.53. The van der Waals surface area contributed by atoms with Crippen molar-refractivity contribution in [2.75, 3.05) is 6.61 Å². The van der Waals surface area contributed by atoms with Gasteiger partial charge in [0.15, 0.2) is 0 Å². The summed E-state index contributed by atoms with van der Waals surface area (Å²) in [5, 5.41) is 9.54. The Bertz CT molecular complexity index is 1040. The number of aryl methyl sites for hydroxylation is 1. The highest BCUT2D eigenvalue weighted by Gasteiger charge is 2.23. The molecule has 0 unspecified atom stereocenters. The normalized spacial score (nSPS) is 10.7. The van der Waals surface area contributed by atoms with Gasteiger partial charge in [-0.05, 0) is 35.1 Å². The van der Waals surface area contributed by atoms with E-state index in [0.29, 0.717) is 22.7 Å². The number of carbonyl (C=O) groups excluding carboxylic acids is 1. The lowest BCUT2D eigenvalue weighted by molar-refractivity contribution is 0.0516. The number of carbonyl (C=O) groups is 1. The SMILES string of the molecule is CCOC(=O)c1c(-c2ccc(-c3ccccc3C(C)C)cc2)c(C#N)cn1C. The number of hydrogen-bond acceptors (Lipinski definition) is 3. The summed E-state index contributed by atoms with van der Waals surface area (Å²) < 4.78 is 6.86. The second-order valence-electron chi connectivity index (χ2n) is 7.03. The predicted molar refractivity (Wildman–Crippen MR) is 111 cm³/mol. The predicted octanol–water partition coefficient (Wildman–Crippen LogP) is 5.53. The first-order valence-corrected chi connectivity index (χ1v) is 9.44. The lowest BCUT2D eigenvalue weighted by atomic mass is 9.91. The summed E-state index contributed by atoms with van der Waals surface area (Å²) in [7, 11) is 1.75. The molecule has 0 bridgehead atoms. The average Bonchev–Trinajstić information content (AvgIpc) is 3.04. The molecule has 0 fully saturated rings. The van der Waals surface area contributed by atoms with Crippen molar-refractivity contribution < 1.29 is 9.53 Å². The Kier molecular flexibility index (Phi) is 5.65. The molecule has 0 aliphatic rings. The van der Waals surface area contributed by atoms with Crippen LogP contribution in [0.4, 0.5) is 0 Å². The standard InChI is InChI=1S/C24H24N2O2/c1-5-28-24(27)23-22(19(14-25)15-26(23)4)18-12-10-17(11-13-18)21-9-7-6-8-20(21)16(2)3/h6-13,15-16H,5H2,1-4H3. The smallest absolute Gasteiger partial charge is 0.355 e. The van der Waals surface area contributed by atoms with Gasteiger partial charge < -0.3 is 9.30 Å². The van der Waals surface area contributed by atoms with Gasteiger partial charge in [-0.1, -0.05) is 62.4 Å². The van der Waals surface area contributed by atoms with Crippen LogP contribution >= 0.6 is 0 Å². The van der Waals surface area contributed by atoms with Gasteiger partial charge in [0, 0.05) is 18.8 Å². The van der Waals surface area contributed by atoms with Crippen molar-refractivity contribution in [2.24, 2.45) is 7.05 Å². The zero-order chi connectivity index (χ0) is 20.3. The molecule has 0 amide bonds. The minimum atomic E-state index is -0.421. The van der Waals surface area contributed by atoms with Gasteiger partial charge >= 0.3 is 5.97 Å². The topological polar surface area (TPSA) is 55.0 Å². The maximum Gasteiger partial charge on any atom is 0.355 e. The third kappa shape index (κ3) is 3.57. The molecule has 1 heterocycles. The molecular weight excluding hydrogens is 348 g/mol. The van der Waals surface area contributed by atoms with Crippen LogP contribution in [-0.4, -0.2) is 17.1 Å². The van der Waals surface area contributed by atoms with E-state index in [1.807, 2.05) is 30.3 Å². The van der Waals surface area contributed by atoms with Crippen molar-refractivity contribution >= 4 is 5.97 Å². The summed E-state index contributed by atoms with van der Waals surface area (Å²) in [6, 6.07) is 18.6. The molecule has 28 heavy (non-hydrogen) atoms. The molecule has 3 aromatic rings. The molecule has 4 heteroatoms. The maximum atomic E-state index is 12.4. The molecule has 1 aromatic heterocycles. The van der Waals surface area contributed by atoms with E-state index in [1.165, 1.54) is 11.1 Å². The number of benzene rings is 2. The van der Waals surface area contributed by atoms with E-state index >= 15 is 0 Å². The summed E-state index contributed by atoms with van der Waals surface area (Å²) in [6.45, 7) is 6.42. The van der Waals surface area contributed by atoms with Crippen molar-refractivity contribution in [2.45, 2.75) is 26.7 Å². The van der Waals surface area contributed by atoms with Crippen LogP contribution in [0.25, 0.3) is 22.3 Å². The van der Waals surface area contributed by atoms with E-state index in [4.69, 9.17) is 4.74 Å². The van der Waals surface area contributed by atoms with Gasteiger partial charge in [-0.2, -0.15) is 5.26 Å². The van der Waals surface area contributed by atoms with Crippen molar-refractivity contribution in [3.05, 3.63) is 71.5 Å². The summed E-state index contributed by atoms with van der Waals surface area (Å²) in [5.41, 5.74) is 5.90. The number of esters is 1. The number of rotatable bonds is 5. The molecule has 2 aromatic carbocycles. The molecule has 3 rings (SSSR count). The lowest BCUT2D eigenvalue weighted by Crippen LogP contribution is -2.10. The Hall–Kier alpha value is -3.32. The first kappa shape index (κ1) is 19.4. The molecular formula is C24H24N2O2. The highest BCUT2D eigenvalue weighted by molar-refractivity contribution is 5.98. The second-order valence-corrected chi connectivity index (χ2v) is 7.03. The van der Waals surface area contributed by atoms with E-state index in [0.717, 1.165) is 11.1 Å². The molecule has 0 spiro atoms. The Labute approximate surface area is 166 Å². The van der Waals surface area contributed by atoms with Gasteiger partial charge in [-0.15, -0.1) is 0 Å². The van der Waals surface area contributed by atoms with Crippen LogP contribution in [0.5, 0.6) is 0 Å². The van der Waals surface area contributed by atoms with Crippen LogP contribution in [0.3, 0.4) is 0 Å². The number of nitrogens with zero attached hydrogens (tertiary/aromatic N) is 2. The van der Waals surface area contributed by atoms with Crippen molar-refractivity contribution in [3.8, 4) is 28.3 Å². The monoisotopic (exact) mass is 372 g/mol. The molecule has 0 saturated heterocycles. The van der Waals surface area contributed by atoms with Gasteiger partial charge in [0.1, 0.15) is 11.8 Å². The first-order chi connectivity index (χ1) is 13.5. The Balaban J connectivity index is 2.09. The molecule has 0 aliphatic carbocycles. The summed E-state index contributed by atoms with van der Waals surface area (Å²) in [6.07, 6.45) is 1.67. The Morgan fingerprint density at radius 1 is 1.11 bits per heavy atom. The van der Waals surface area contributed by atoms with Gasteiger partial charge in [0.25, 0.3) is 0 Å². The molecule has 0 N–H and O–H groups in total. The minimum Gasteiger partial charge on any atom is -0.461 e. The number of hydrogen-bond donors (Lipinski definition) is 0. The zero-order valence-electron chi connectivity index (χ0n) is 16.7. The van der Waals surface area contributed by atoms with Crippen LogP contribution in [0, 0.1) is 11.3 Å². The van der Waals surface area contributed by atoms with E-state index in [-0.39, 0.29) is 6.61 Å². The van der Waals surface area contributed by atoms with Crippen LogP contribution in [-0.2, 0) is 11.8 Å². The summed E-state index contributed by atoms with van der Waals surface area (Å²) >= 11 is 0. The van der Waals surface area contributed by atoms with Gasteiger partial charge in [0.05, 0.1) is 12.2 Å². The van der Waals surface area contributed by atoms with Crippen molar-refractivity contribution in [1.29, 1.82) is 5.26 Å². The van der Waals surface area contributed by atoms with Gasteiger partial charge in [-0.25, -0.2) is 4.79 Å². The third-order valence-corrected chi connectivity index (χ3v) is 4.84. The van der Waals surface area contributed by atoms with E-state index in [9.17, 15) is 10.1 Å². The summed E-state index contributed by atoms with van der Waals surface area (Å²) in [5.74, 6) is 0.00124. The average molecular weight is 372 g/mol.